The minimum absolute atomic E-state index is 0.125. The molecule has 2 rings (SSSR count). The Balaban J connectivity index is 1.91. The van der Waals surface area contributed by atoms with Crippen LogP contribution in [0.15, 0.2) is 18.2 Å². The summed E-state index contributed by atoms with van der Waals surface area (Å²) in [6.07, 6.45) is 0. The summed E-state index contributed by atoms with van der Waals surface area (Å²) < 4.78 is 13.0. The number of anilines is 2. The monoisotopic (exact) mass is 294 g/mol. The highest BCUT2D eigenvalue weighted by Crippen LogP contribution is 2.21. The second kappa shape index (κ2) is 6.41. The Morgan fingerprint density at radius 2 is 2.19 bits per heavy atom. The van der Waals surface area contributed by atoms with Crippen LogP contribution in [0.4, 0.5) is 15.8 Å². The fraction of sp³-hybridized carbons (Fsp3) is 0.533. The maximum Gasteiger partial charge on any atom is 0.238 e. The first-order valence-corrected chi connectivity index (χ1v) is 7.10. The molecule has 1 aliphatic heterocycles. The van der Waals surface area contributed by atoms with Gasteiger partial charge in [0.25, 0.3) is 0 Å². The predicted molar refractivity (Wildman–Crippen MR) is 82.5 cm³/mol. The van der Waals surface area contributed by atoms with Gasteiger partial charge in [-0.25, -0.2) is 4.39 Å². The molecule has 5 nitrogen and oxygen atoms in total. The van der Waals surface area contributed by atoms with Gasteiger partial charge in [-0.3, -0.25) is 9.69 Å². The molecule has 2 atom stereocenters. The van der Waals surface area contributed by atoms with Gasteiger partial charge in [-0.1, -0.05) is 6.92 Å². The summed E-state index contributed by atoms with van der Waals surface area (Å²) >= 11 is 0. The van der Waals surface area contributed by atoms with E-state index in [2.05, 4.69) is 36.1 Å². The van der Waals surface area contributed by atoms with Crippen molar-refractivity contribution in [1.29, 1.82) is 0 Å². The summed E-state index contributed by atoms with van der Waals surface area (Å²) in [5.41, 5.74) is 6.38. The molecule has 0 aromatic heterocycles. The molecule has 116 valence electrons. The summed E-state index contributed by atoms with van der Waals surface area (Å²) in [5.74, 6) is -0.00343. The molecule has 1 saturated heterocycles. The van der Waals surface area contributed by atoms with E-state index in [1.807, 2.05) is 0 Å². The van der Waals surface area contributed by atoms with Crippen molar-refractivity contribution >= 4 is 17.3 Å². The van der Waals surface area contributed by atoms with Gasteiger partial charge in [-0.15, -0.1) is 0 Å². The lowest BCUT2D eigenvalue weighted by molar-refractivity contribution is -0.117. The van der Waals surface area contributed by atoms with Crippen molar-refractivity contribution in [2.75, 3.05) is 44.8 Å². The summed E-state index contributed by atoms with van der Waals surface area (Å²) in [6, 6.07) is 4.44. The molecule has 3 N–H and O–H groups in total. The lowest BCUT2D eigenvalue weighted by Gasteiger charge is -2.22. The van der Waals surface area contributed by atoms with Crippen LogP contribution < -0.4 is 11.1 Å². The van der Waals surface area contributed by atoms with E-state index in [-0.39, 0.29) is 11.6 Å². The maximum absolute atomic E-state index is 13.0. The van der Waals surface area contributed by atoms with Gasteiger partial charge in [-0.2, -0.15) is 0 Å². The van der Waals surface area contributed by atoms with Crippen LogP contribution in [0.2, 0.25) is 0 Å². The van der Waals surface area contributed by atoms with Crippen LogP contribution in [0, 0.1) is 11.7 Å². The molecule has 1 aromatic rings. The molecular weight excluding hydrogens is 271 g/mol. The standard InChI is InChI=1S/C15H23FN4O/c1-10-7-20(8-14(10)19(2)3)9-15(21)18-13-5-4-11(16)6-12(13)17/h4-6,10,14H,7-9,17H2,1-3H3,(H,18,21). The average molecular weight is 294 g/mol. The first-order valence-electron chi connectivity index (χ1n) is 7.10. The number of amides is 1. The van der Waals surface area contributed by atoms with Gasteiger partial charge in [0.1, 0.15) is 5.82 Å². The molecule has 21 heavy (non-hydrogen) atoms. The van der Waals surface area contributed by atoms with Crippen molar-refractivity contribution < 1.29 is 9.18 Å². The maximum atomic E-state index is 13.0. The van der Waals surface area contributed by atoms with Crippen LogP contribution in [0.1, 0.15) is 6.92 Å². The largest absolute Gasteiger partial charge is 0.397 e. The molecule has 1 heterocycles. The Morgan fingerprint density at radius 3 is 2.76 bits per heavy atom. The molecule has 1 amide bonds. The number of carbonyl (C=O) groups is 1. The second-order valence-electron chi connectivity index (χ2n) is 5.98. The Morgan fingerprint density at radius 1 is 1.48 bits per heavy atom. The minimum atomic E-state index is -0.410. The zero-order valence-corrected chi connectivity index (χ0v) is 12.8. The molecule has 1 aliphatic rings. The lowest BCUT2D eigenvalue weighted by Crippen LogP contribution is -2.36. The third-order valence-corrected chi connectivity index (χ3v) is 3.97. The summed E-state index contributed by atoms with van der Waals surface area (Å²) in [4.78, 5) is 16.4. The molecule has 6 heteroatoms. The van der Waals surface area contributed by atoms with Crippen LogP contribution in [-0.2, 0) is 4.79 Å². The average Bonchev–Trinajstić information content (AvgIpc) is 2.74. The van der Waals surface area contributed by atoms with Gasteiger partial charge in [-0.05, 0) is 38.2 Å². The molecule has 0 saturated carbocycles. The number of likely N-dealkylation sites (N-methyl/N-ethyl adjacent to an activating group) is 1. The number of nitrogens with one attached hydrogen (secondary N) is 1. The summed E-state index contributed by atoms with van der Waals surface area (Å²) in [6.45, 7) is 4.29. The highest BCUT2D eigenvalue weighted by atomic mass is 19.1. The zero-order valence-electron chi connectivity index (χ0n) is 12.8. The van der Waals surface area contributed by atoms with Crippen LogP contribution in [0.5, 0.6) is 0 Å². The van der Waals surface area contributed by atoms with E-state index in [9.17, 15) is 9.18 Å². The van der Waals surface area contributed by atoms with Crippen molar-refractivity contribution in [3.63, 3.8) is 0 Å². The fourth-order valence-corrected chi connectivity index (χ4v) is 2.89. The van der Waals surface area contributed by atoms with E-state index >= 15 is 0 Å². The number of nitrogens with zero attached hydrogens (tertiary/aromatic N) is 2. The van der Waals surface area contributed by atoms with Crippen molar-refractivity contribution in [1.82, 2.24) is 9.80 Å². The number of benzene rings is 1. The molecule has 0 radical (unpaired) electrons. The van der Waals surface area contributed by atoms with Gasteiger partial charge in [0, 0.05) is 19.1 Å². The number of carbonyl (C=O) groups excluding carboxylic acids is 1. The Hall–Kier alpha value is -1.66. The first-order chi connectivity index (χ1) is 9.86. The van der Waals surface area contributed by atoms with Crippen LogP contribution in [0.25, 0.3) is 0 Å². The van der Waals surface area contributed by atoms with Crippen molar-refractivity contribution in [3.05, 3.63) is 24.0 Å². The van der Waals surface area contributed by atoms with Crippen LogP contribution >= 0.6 is 0 Å². The third kappa shape index (κ3) is 3.92. The van der Waals surface area contributed by atoms with Crippen LogP contribution in [-0.4, -0.2) is 55.5 Å². The molecule has 0 spiro atoms. The Kier molecular flexibility index (Phi) is 4.80. The van der Waals surface area contributed by atoms with Gasteiger partial charge < -0.3 is 16.0 Å². The van der Waals surface area contributed by atoms with E-state index in [4.69, 9.17) is 5.73 Å². The van der Waals surface area contributed by atoms with Crippen molar-refractivity contribution in [2.24, 2.45) is 5.92 Å². The van der Waals surface area contributed by atoms with Crippen LogP contribution in [0.3, 0.4) is 0 Å². The van der Waals surface area contributed by atoms with E-state index in [0.29, 0.717) is 24.2 Å². The van der Waals surface area contributed by atoms with Crippen molar-refractivity contribution in [2.45, 2.75) is 13.0 Å². The molecule has 1 aromatic carbocycles. The predicted octanol–water partition coefficient (Wildman–Crippen LogP) is 1.23. The highest BCUT2D eigenvalue weighted by Gasteiger charge is 2.31. The first kappa shape index (κ1) is 15.7. The molecule has 0 aliphatic carbocycles. The SMILES string of the molecule is CC1CN(CC(=O)Nc2ccc(F)cc2N)CC1N(C)C. The second-order valence-corrected chi connectivity index (χ2v) is 5.98. The van der Waals surface area contributed by atoms with Gasteiger partial charge in [0.05, 0.1) is 17.9 Å². The third-order valence-electron chi connectivity index (χ3n) is 3.97. The molecule has 2 unspecified atom stereocenters. The molecule has 1 fully saturated rings. The van der Waals surface area contributed by atoms with Crippen molar-refractivity contribution in [3.8, 4) is 0 Å². The van der Waals surface area contributed by atoms with Gasteiger partial charge in [0.15, 0.2) is 0 Å². The van der Waals surface area contributed by atoms with Gasteiger partial charge in [0.2, 0.25) is 5.91 Å². The fourth-order valence-electron chi connectivity index (χ4n) is 2.89. The zero-order chi connectivity index (χ0) is 15.6. The van der Waals surface area contributed by atoms with E-state index < -0.39 is 5.82 Å². The smallest absolute Gasteiger partial charge is 0.238 e. The topological polar surface area (TPSA) is 61.6 Å². The highest BCUT2D eigenvalue weighted by molar-refractivity contribution is 5.95. The normalized spacial score (nSPS) is 22.7. The quantitative estimate of drug-likeness (QED) is 0.820. The Bertz CT molecular complexity index is 520. The number of halogens is 1. The lowest BCUT2D eigenvalue weighted by atomic mass is 10.1. The molecule has 0 bridgehead atoms. The molecular formula is C15H23FN4O. The van der Waals surface area contributed by atoms with Gasteiger partial charge >= 0.3 is 0 Å². The minimum Gasteiger partial charge on any atom is -0.397 e. The number of hydrogen-bond acceptors (Lipinski definition) is 4. The summed E-state index contributed by atoms with van der Waals surface area (Å²) in [7, 11) is 4.12. The number of nitrogens with two attached hydrogens (primary N) is 1. The summed E-state index contributed by atoms with van der Waals surface area (Å²) in [5, 5.41) is 2.74. The van der Waals surface area contributed by atoms with E-state index in [0.717, 1.165) is 13.1 Å². The van der Waals surface area contributed by atoms with E-state index in [1.54, 1.807) is 0 Å². The number of nitrogen functional groups attached to an aromatic ring is 1. The number of hydrogen-bond donors (Lipinski definition) is 2. The number of likely N-dealkylation sites (tertiary alicyclic amines) is 1. The van der Waals surface area contributed by atoms with E-state index in [1.165, 1.54) is 18.2 Å². The Labute approximate surface area is 124 Å². The number of rotatable bonds is 4.